The quantitative estimate of drug-likeness (QED) is 0.270. The van der Waals surface area contributed by atoms with Crippen LogP contribution in [0, 0.1) is 24.2 Å². The summed E-state index contributed by atoms with van der Waals surface area (Å²) < 4.78 is 6.30. The smallest absolute Gasteiger partial charge is 0.306 e. The van der Waals surface area contributed by atoms with Crippen molar-refractivity contribution in [3.63, 3.8) is 0 Å². The number of aromatic nitrogens is 1. The maximum absolute atomic E-state index is 11.3. The first-order valence-corrected chi connectivity index (χ1v) is 13.3. The molecule has 7 heteroatoms. The summed E-state index contributed by atoms with van der Waals surface area (Å²) >= 11 is 6.37. The van der Waals surface area contributed by atoms with Gasteiger partial charge in [-0.1, -0.05) is 48.0 Å². The minimum Gasteiger partial charge on any atom is -0.488 e. The molecule has 0 unspecified atom stereocenters. The first-order chi connectivity index (χ1) is 18.9. The van der Waals surface area contributed by atoms with E-state index in [0.717, 1.165) is 39.3 Å². The summed E-state index contributed by atoms with van der Waals surface area (Å²) in [6, 6.07) is 27.4. The van der Waals surface area contributed by atoms with Crippen molar-refractivity contribution in [2.75, 3.05) is 18.0 Å². The van der Waals surface area contributed by atoms with Gasteiger partial charge in [0.25, 0.3) is 0 Å². The van der Waals surface area contributed by atoms with Crippen LogP contribution in [0.5, 0.6) is 5.75 Å². The highest BCUT2D eigenvalue weighted by molar-refractivity contribution is 6.31. The molecule has 4 aromatic rings. The number of halogens is 1. The van der Waals surface area contributed by atoms with Gasteiger partial charge in [-0.25, -0.2) is 4.98 Å². The Kier molecular flexibility index (Phi) is 7.81. The van der Waals surface area contributed by atoms with Crippen LogP contribution in [-0.2, 0) is 11.4 Å². The predicted octanol–water partition coefficient (Wildman–Crippen LogP) is 7.13. The standard InChI is InChI=1S/C32H28ClN3O3/c1-21-17-25(23-7-5-22(19-34)6-8-23)9-10-26(21)20-39-30-12-11-27(33)18-28(30)29-3-2-4-31(35-29)36-15-13-24(14-16-36)32(37)38/h2-12,17-18,24H,13-16,20H2,1H3,(H,37,38). The van der Waals surface area contributed by atoms with Crippen LogP contribution >= 0.6 is 11.6 Å². The number of hydrogen-bond donors (Lipinski definition) is 1. The van der Waals surface area contributed by atoms with E-state index in [1.807, 2.05) is 60.7 Å². The Morgan fingerprint density at radius 2 is 1.79 bits per heavy atom. The van der Waals surface area contributed by atoms with Gasteiger partial charge in [-0.15, -0.1) is 0 Å². The molecular formula is C32H28ClN3O3. The molecule has 6 nitrogen and oxygen atoms in total. The number of carbonyl (C=O) groups is 1. The van der Waals surface area contributed by atoms with Gasteiger partial charge in [-0.3, -0.25) is 4.79 Å². The lowest BCUT2D eigenvalue weighted by molar-refractivity contribution is -0.142. The molecule has 0 amide bonds. The Bertz CT molecular complexity index is 1540. The zero-order chi connectivity index (χ0) is 27.4. The fourth-order valence-electron chi connectivity index (χ4n) is 4.86. The van der Waals surface area contributed by atoms with Gasteiger partial charge < -0.3 is 14.7 Å². The number of nitriles is 1. The first kappa shape index (κ1) is 26.3. The third kappa shape index (κ3) is 6.05. The molecule has 1 saturated heterocycles. The average Bonchev–Trinajstić information content (AvgIpc) is 2.97. The fourth-order valence-corrected chi connectivity index (χ4v) is 5.04. The zero-order valence-corrected chi connectivity index (χ0v) is 22.4. The van der Waals surface area contributed by atoms with E-state index in [-0.39, 0.29) is 5.92 Å². The van der Waals surface area contributed by atoms with E-state index >= 15 is 0 Å². The highest BCUT2D eigenvalue weighted by Gasteiger charge is 2.25. The minimum absolute atomic E-state index is 0.293. The summed E-state index contributed by atoms with van der Waals surface area (Å²) in [7, 11) is 0. The number of aryl methyl sites for hydroxylation is 1. The van der Waals surface area contributed by atoms with Gasteiger partial charge >= 0.3 is 5.97 Å². The molecule has 196 valence electrons. The number of rotatable bonds is 7. The molecule has 1 aromatic heterocycles. The number of carboxylic acid groups (broad SMARTS) is 1. The summed E-state index contributed by atoms with van der Waals surface area (Å²) in [6.07, 6.45) is 1.21. The molecule has 5 rings (SSSR count). The summed E-state index contributed by atoms with van der Waals surface area (Å²) in [6.45, 7) is 3.76. The molecular weight excluding hydrogens is 510 g/mol. The molecule has 1 aliphatic heterocycles. The van der Waals surface area contributed by atoms with Gasteiger partial charge in [-0.2, -0.15) is 5.26 Å². The van der Waals surface area contributed by atoms with E-state index in [4.69, 9.17) is 26.6 Å². The van der Waals surface area contributed by atoms with Crippen LogP contribution in [0.2, 0.25) is 5.02 Å². The second-order valence-electron chi connectivity index (χ2n) is 9.74. The molecule has 39 heavy (non-hydrogen) atoms. The Labute approximate surface area is 233 Å². The summed E-state index contributed by atoms with van der Waals surface area (Å²) in [4.78, 5) is 18.3. The molecule has 2 heterocycles. The maximum Gasteiger partial charge on any atom is 0.306 e. The molecule has 0 atom stereocenters. The van der Waals surface area contributed by atoms with Crippen molar-refractivity contribution in [2.45, 2.75) is 26.4 Å². The molecule has 1 fully saturated rings. The number of aliphatic carboxylic acids is 1. The van der Waals surface area contributed by atoms with E-state index in [1.54, 1.807) is 0 Å². The fraction of sp³-hybridized carbons (Fsp3) is 0.219. The van der Waals surface area contributed by atoms with Crippen molar-refractivity contribution in [3.8, 4) is 34.2 Å². The molecule has 0 radical (unpaired) electrons. The lowest BCUT2D eigenvalue weighted by Crippen LogP contribution is -2.36. The second-order valence-corrected chi connectivity index (χ2v) is 10.2. The Hall–Kier alpha value is -4.34. The van der Waals surface area contributed by atoms with Crippen molar-refractivity contribution in [3.05, 3.63) is 101 Å². The number of nitrogens with zero attached hydrogens (tertiary/aromatic N) is 3. The van der Waals surface area contributed by atoms with Crippen LogP contribution in [0.3, 0.4) is 0 Å². The van der Waals surface area contributed by atoms with E-state index in [0.29, 0.717) is 48.9 Å². The van der Waals surface area contributed by atoms with Crippen molar-refractivity contribution >= 4 is 23.4 Å². The van der Waals surface area contributed by atoms with E-state index in [1.165, 1.54) is 0 Å². The highest BCUT2D eigenvalue weighted by Crippen LogP contribution is 2.34. The largest absolute Gasteiger partial charge is 0.488 e. The van der Waals surface area contributed by atoms with Gasteiger partial charge in [0.15, 0.2) is 0 Å². The molecule has 1 N–H and O–H groups in total. The van der Waals surface area contributed by atoms with E-state index < -0.39 is 5.97 Å². The number of ether oxygens (including phenoxy) is 1. The SMILES string of the molecule is Cc1cc(-c2ccc(C#N)cc2)ccc1COc1ccc(Cl)cc1-c1cccc(N2CCC(C(=O)O)CC2)n1. The van der Waals surface area contributed by atoms with Gasteiger partial charge in [0.1, 0.15) is 18.2 Å². The van der Waals surface area contributed by atoms with Gasteiger partial charge in [-0.05, 0) is 84.5 Å². The van der Waals surface area contributed by atoms with Gasteiger partial charge in [0, 0.05) is 23.7 Å². The Morgan fingerprint density at radius 3 is 2.49 bits per heavy atom. The van der Waals surface area contributed by atoms with Gasteiger partial charge in [0.05, 0.1) is 23.2 Å². The van der Waals surface area contributed by atoms with Crippen molar-refractivity contribution < 1.29 is 14.6 Å². The topological polar surface area (TPSA) is 86.5 Å². The Balaban J connectivity index is 1.33. The zero-order valence-electron chi connectivity index (χ0n) is 21.6. The highest BCUT2D eigenvalue weighted by atomic mass is 35.5. The van der Waals surface area contributed by atoms with Crippen molar-refractivity contribution in [1.29, 1.82) is 5.26 Å². The maximum atomic E-state index is 11.3. The first-order valence-electron chi connectivity index (χ1n) is 12.9. The predicted molar refractivity (Wildman–Crippen MR) is 153 cm³/mol. The van der Waals surface area contributed by atoms with Crippen molar-refractivity contribution in [1.82, 2.24) is 4.98 Å². The lowest BCUT2D eigenvalue weighted by Gasteiger charge is -2.31. The molecule has 1 aliphatic rings. The number of benzene rings is 3. The normalized spacial score (nSPS) is 13.6. The monoisotopic (exact) mass is 537 g/mol. The van der Waals surface area contributed by atoms with Gasteiger partial charge in [0.2, 0.25) is 0 Å². The number of piperidine rings is 1. The third-order valence-corrected chi connectivity index (χ3v) is 7.43. The van der Waals surface area contributed by atoms with Crippen LogP contribution in [0.25, 0.3) is 22.4 Å². The molecule has 0 saturated carbocycles. The molecule has 0 aliphatic carbocycles. The van der Waals surface area contributed by atoms with Crippen LogP contribution in [-0.4, -0.2) is 29.1 Å². The lowest BCUT2D eigenvalue weighted by atomic mass is 9.97. The van der Waals surface area contributed by atoms with Crippen LogP contribution < -0.4 is 9.64 Å². The minimum atomic E-state index is -0.726. The average molecular weight is 538 g/mol. The summed E-state index contributed by atoms with van der Waals surface area (Å²) in [5.41, 5.74) is 6.51. The number of carboxylic acids is 1. The number of pyridine rings is 1. The van der Waals surface area contributed by atoms with Crippen molar-refractivity contribution in [2.24, 2.45) is 5.92 Å². The van der Waals surface area contributed by atoms with Crippen LogP contribution in [0.4, 0.5) is 5.82 Å². The van der Waals surface area contributed by atoms with Crippen LogP contribution in [0.15, 0.2) is 78.9 Å². The Morgan fingerprint density at radius 1 is 1.05 bits per heavy atom. The second kappa shape index (κ2) is 11.6. The van der Waals surface area contributed by atoms with E-state index in [9.17, 15) is 9.90 Å². The summed E-state index contributed by atoms with van der Waals surface area (Å²) in [5.74, 6) is 0.482. The van der Waals surface area contributed by atoms with Crippen LogP contribution in [0.1, 0.15) is 29.5 Å². The number of anilines is 1. The third-order valence-electron chi connectivity index (χ3n) is 7.19. The number of hydrogen-bond acceptors (Lipinski definition) is 5. The molecule has 0 bridgehead atoms. The molecule has 0 spiro atoms. The molecule has 3 aromatic carbocycles. The summed E-state index contributed by atoms with van der Waals surface area (Å²) in [5, 5.41) is 18.9. The van der Waals surface area contributed by atoms with E-state index in [2.05, 4.69) is 36.1 Å².